The van der Waals surface area contributed by atoms with E-state index in [1.54, 1.807) is 97.1 Å². The summed E-state index contributed by atoms with van der Waals surface area (Å²) in [4.78, 5) is 14.5. The van der Waals surface area contributed by atoms with Gasteiger partial charge in [-0.3, -0.25) is 9.44 Å². The van der Waals surface area contributed by atoms with Gasteiger partial charge in [-0.05, 0) is 104 Å². The maximum atomic E-state index is 12.7. The van der Waals surface area contributed by atoms with Crippen LogP contribution in [-0.4, -0.2) is 45.0 Å². The van der Waals surface area contributed by atoms with Crippen LogP contribution in [0.3, 0.4) is 0 Å². The van der Waals surface area contributed by atoms with Crippen molar-refractivity contribution in [2.24, 2.45) is 0 Å². The highest BCUT2D eigenvalue weighted by Gasteiger charge is 2.17. The molecule has 0 aliphatic carbocycles. The number of sulfonamides is 2. The van der Waals surface area contributed by atoms with Crippen molar-refractivity contribution in [1.29, 1.82) is 0 Å². The van der Waals surface area contributed by atoms with E-state index in [-0.39, 0.29) is 9.79 Å². The molecule has 18 heteroatoms. The SMILES string of the molecule is Cc1cccc(CNc2cccc(Oc3ccn4cc(-c5ccccc5)nc4c3)c2)c1.Cc1cccc(S(=O)(=O)Nc2cccc(Oc3ccn4cc(-c5ccccc5)nc4c3)c2)c1.O=S(=O)(Nc1cccc(Oc2ccn3cc(-c4ccccc4)nc3c2)c1)c1ccccc1. The lowest BCUT2D eigenvalue weighted by Crippen LogP contribution is -2.13. The molecule has 0 atom stereocenters. The summed E-state index contributed by atoms with van der Waals surface area (Å²) in [6, 6.07) is 86.6. The number of aryl methyl sites for hydroxylation is 2. The predicted octanol–water partition coefficient (Wildman–Crippen LogP) is 18.2. The molecule has 6 heterocycles. The second-order valence-corrected chi connectivity index (χ2v) is 25.8. The largest absolute Gasteiger partial charge is 0.457 e. The molecule has 0 spiro atoms. The van der Waals surface area contributed by atoms with E-state index in [0.717, 1.165) is 80.0 Å². The molecule has 0 saturated heterocycles. The normalized spacial score (nSPS) is 11.2. The molecule has 0 unspecified atom stereocenters. The van der Waals surface area contributed by atoms with E-state index < -0.39 is 20.0 Å². The summed E-state index contributed by atoms with van der Waals surface area (Å²) in [5, 5.41) is 3.47. The molecule has 0 bridgehead atoms. The molecule has 0 aliphatic rings. The van der Waals surface area contributed by atoms with Crippen LogP contribution >= 0.6 is 0 Å². The van der Waals surface area contributed by atoms with Gasteiger partial charge in [0.15, 0.2) is 0 Å². The smallest absolute Gasteiger partial charge is 0.261 e. The Labute approximate surface area is 556 Å². The second-order valence-electron chi connectivity index (χ2n) is 22.4. The summed E-state index contributed by atoms with van der Waals surface area (Å²) in [5.74, 6) is 3.77. The van der Waals surface area contributed by atoms with Gasteiger partial charge in [0.1, 0.15) is 51.4 Å². The number of hydrogen-bond acceptors (Lipinski definition) is 11. The minimum absolute atomic E-state index is 0.199. The Morgan fingerprint density at radius 2 is 0.677 bits per heavy atom. The topological polar surface area (TPSA) is 184 Å². The molecule has 3 N–H and O–H groups in total. The summed E-state index contributed by atoms with van der Waals surface area (Å²) in [5.41, 5.74) is 13.5. The molecule has 15 rings (SSSR count). The minimum atomic E-state index is -3.70. The van der Waals surface area contributed by atoms with Gasteiger partial charge < -0.3 is 32.7 Å². The van der Waals surface area contributed by atoms with Crippen molar-refractivity contribution in [2.75, 3.05) is 14.8 Å². The monoisotopic (exact) mass is 1300 g/mol. The van der Waals surface area contributed by atoms with Gasteiger partial charge in [-0.2, -0.15) is 0 Å². The van der Waals surface area contributed by atoms with Crippen LogP contribution in [0.15, 0.2) is 326 Å². The Balaban J connectivity index is 0.000000130. The first-order valence-corrected chi connectivity index (χ1v) is 33.7. The van der Waals surface area contributed by atoms with E-state index in [9.17, 15) is 16.8 Å². The van der Waals surface area contributed by atoms with Crippen molar-refractivity contribution in [3.63, 3.8) is 0 Å². The van der Waals surface area contributed by atoms with E-state index in [1.165, 1.54) is 11.1 Å². The molecule has 0 fully saturated rings. The van der Waals surface area contributed by atoms with Crippen molar-refractivity contribution in [2.45, 2.75) is 30.2 Å². The number of nitrogens with zero attached hydrogens (tertiary/aromatic N) is 6. The molecule has 0 radical (unpaired) electrons. The molecule has 0 amide bonds. The summed E-state index contributed by atoms with van der Waals surface area (Å²) in [6.45, 7) is 4.73. The number of imidazole rings is 3. The van der Waals surface area contributed by atoms with Crippen molar-refractivity contribution >= 4 is 54.1 Å². The average molecular weight is 1300 g/mol. The number of nitrogens with one attached hydrogen (secondary N) is 3. The fourth-order valence-electron chi connectivity index (χ4n) is 10.5. The first-order chi connectivity index (χ1) is 46.8. The lowest BCUT2D eigenvalue weighted by molar-refractivity contribution is 0.482. The maximum Gasteiger partial charge on any atom is 0.261 e. The first kappa shape index (κ1) is 62.6. The minimum Gasteiger partial charge on any atom is -0.457 e. The standard InChI is InChI=1S/C27H23N3O.C26H21N3O3S.C25H19N3O3S/c1-20-7-5-8-21(15-20)18-28-23-11-6-12-24(16-23)31-25-13-14-30-19-26(29-27(30)17-25)22-9-3-2-4-10-22;1-19-7-5-12-24(15-19)33(30,31)28-21-10-6-11-22(16-21)32-23-13-14-29-18-25(27-26(29)17-23)20-8-3-2-4-9-20;29-32(30,23-12-5-2-6-13-23)27-20-10-7-11-21(16-20)31-22-14-15-28-18-24(26-25(28)17-22)19-8-3-1-4-9-19/h2-17,19,28H,18H2,1H3;2-18,28H,1H3;1-18,27H. The quantitative estimate of drug-likeness (QED) is 0.0743. The second kappa shape index (κ2) is 28.3. The number of pyridine rings is 3. The number of rotatable bonds is 18. The van der Waals surface area contributed by atoms with Crippen LogP contribution in [0.1, 0.15) is 16.7 Å². The van der Waals surface area contributed by atoms with E-state index in [4.69, 9.17) is 19.2 Å². The van der Waals surface area contributed by atoms with Crippen LogP contribution in [-0.2, 0) is 26.6 Å². The fraction of sp³-hybridized carbons (Fsp3) is 0.0385. The molecule has 96 heavy (non-hydrogen) atoms. The highest BCUT2D eigenvalue weighted by atomic mass is 32.2. The van der Waals surface area contributed by atoms with Crippen LogP contribution in [0.5, 0.6) is 34.5 Å². The van der Waals surface area contributed by atoms with Gasteiger partial charge in [0, 0.05) is 103 Å². The van der Waals surface area contributed by atoms with Crippen LogP contribution in [0.4, 0.5) is 17.1 Å². The molecule has 0 aliphatic heterocycles. The summed E-state index contributed by atoms with van der Waals surface area (Å²) < 4.78 is 79.8. The number of hydrogen-bond donors (Lipinski definition) is 3. The van der Waals surface area contributed by atoms with Crippen molar-refractivity contribution in [3.05, 3.63) is 333 Å². The summed E-state index contributed by atoms with van der Waals surface area (Å²) in [7, 11) is -7.37. The Morgan fingerprint density at radius 3 is 1.09 bits per heavy atom. The Bertz CT molecular complexity index is 5420. The highest BCUT2D eigenvalue weighted by Crippen LogP contribution is 2.32. The van der Waals surface area contributed by atoms with E-state index in [0.29, 0.717) is 34.4 Å². The van der Waals surface area contributed by atoms with Crippen LogP contribution in [0.25, 0.3) is 50.7 Å². The molecule has 15 aromatic rings. The lowest BCUT2D eigenvalue weighted by Gasteiger charge is -2.11. The van der Waals surface area contributed by atoms with Gasteiger partial charge in [-0.15, -0.1) is 0 Å². The average Bonchev–Trinajstić information content (AvgIpc) is 1.80. The number of anilines is 3. The Hall–Kier alpha value is -12.3. The van der Waals surface area contributed by atoms with Gasteiger partial charge >= 0.3 is 0 Å². The first-order valence-electron chi connectivity index (χ1n) is 30.7. The zero-order valence-corrected chi connectivity index (χ0v) is 53.7. The molecule has 6 aromatic heterocycles. The third-order valence-electron chi connectivity index (χ3n) is 15.1. The zero-order valence-electron chi connectivity index (χ0n) is 52.1. The van der Waals surface area contributed by atoms with Gasteiger partial charge in [0.2, 0.25) is 0 Å². The fourth-order valence-corrected chi connectivity index (χ4v) is 12.7. The van der Waals surface area contributed by atoms with E-state index >= 15 is 0 Å². The number of fused-ring (bicyclic) bond motifs is 3. The molecule has 16 nitrogen and oxygen atoms in total. The van der Waals surface area contributed by atoms with Gasteiger partial charge in [-0.25, -0.2) is 31.8 Å². The Morgan fingerprint density at radius 1 is 0.333 bits per heavy atom. The summed E-state index contributed by atoms with van der Waals surface area (Å²) in [6.07, 6.45) is 11.7. The number of ether oxygens (including phenoxy) is 3. The highest BCUT2D eigenvalue weighted by molar-refractivity contribution is 7.93. The van der Waals surface area contributed by atoms with Crippen LogP contribution in [0.2, 0.25) is 0 Å². The van der Waals surface area contributed by atoms with Crippen LogP contribution < -0.4 is 29.0 Å². The third kappa shape index (κ3) is 15.8. The Kier molecular flexibility index (Phi) is 18.5. The lowest BCUT2D eigenvalue weighted by atomic mass is 10.1. The zero-order chi connectivity index (χ0) is 65.9. The van der Waals surface area contributed by atoms with Gasteiger partial charge in [0.05, 0.1) is 38.2 Å². The van der Waals surface area contributed by atoms with Gasteiger partial charge in [0.25, 0.3) is 20.0 Å². The van der Waals surface area contributed by atoms with E-state index in [1.807, 2.05) is 203 Å². The van der Waals surface area contributed by atoms with Crippen LogP contribution in [0, 0.1) is 13.8 Å². The van der Waals surface area contributed by atoms with Crippen molar-refractivity contribution < 1.29 is 31.0 Å². The van der Waals surface area contributed by atoms with Crippen molar-refractivity contribution in [1.82, 2.24) is 28.2 Å². The number of benzene rings is 9. The van der Waals surface area contributed by atoms with E-state index in [2.05, 4.69) is 68.1 Å². The third-order valence-corrected chi connectivity index (χ3v) is 17.9. The maximum absolute atomic E-state index is 12.7. The molecular formula is C78H63N9O7S2. The number of aromatic nitrogens is 6. The molecule has 9 aromatic carbocycles. The molecular weight excluding hydrogens is 1240 g/mol. The molecule has 474 valence electrons. The molecule has 0 saturated carbocycles. The predicted molar refractivity (Wildman–Crippen MR) is 379 cm³/mol. The van der Waals surface area contributed by atoms with Crippen molar-refractivity contribution in [3.8, 4) is 68.3 Å². The summed E-state index contributed by atoms with van der Waals surface area (Å²) >= 11 is 0. The van der Waals surface area contributed by atoms with Gasteiger partial charge in [-0.1, -0.05) is 169 Å².